The molecule has 0 atom stereocenters. The molecule has 1 saturated heterocycles. The molecule has 1 heterocycles. The Kier molecular flexibility index (Phi) is 12.4. The van der Waals surface area contributed by atoms with E-state index in [2.05, 4.69) is 22.5 Å². The smallest absolute Gasteiger partial charge is 0.191 e. The third-order valence-electron chi connectivity index (χ3n) is 4.06. The minimum Gasteiger partial charge on any atom is -0.497 e. The van der Waals surface area contributed by atoms with Gasteiger partial charge in [-0.15, -0.1) is 24.0 Å². The molecular formula is C19H32IN3O3. The van der Waals surface area contributed by atoms with Crippen molar-refractivity contribution in [3.63, 3.8) is 0 Å². The lowest BCUT2D eigenvalue weighted by Crippen LogP contribution is -2.38. The Morgan fingerprint density at radius 1 is 1.19 bits per heavy atom. The molecule has 1 aliphatic heterocycles. The van der Waals surface area contributed by atoms with Crippen LogP contribution in [0.1, 0.15) is 31.7 Å². The van der Waals surface area contributed by atoms with Crippen LogP contribution in [0.5, 0.6) is 5.75 Å². The third kappa shape index (κ3) is 9.05. The first-order valence-corrected chi connectivity index (χ1v) is 9.16. The fourth-order valence-corrected chi connectivity index (χ4v) is 2.61. The number of hydrogen-bond acceptors (Lipinski definition) is 4. The Balaban J connectivity index is 0.00000338. The van der Waals surface area contributed by atoms with Crippen molar-refractivity contribution < 1.29 is 14.2 Å². The second-order valence-electron chi connectivity index (χ2n) is 6.01. The number of halogens is 1. The second-order valence-corrected chi connectivity index (χ2v) is 6.01. The van der Waals surface area contributed by atoms with Crippen LogP contribution in [-0.2, 0) is 16.0 Å². The van der Waals surface area contributed by atoms with E-state index >= 15 is 0 Å². The van der Waals surface area contributed by atoms with Gasteiger partial charge in [-0.2, -0.15) is 0 Å². The van der Waals surface area contributed by atoms with Crippen molar-refractivity contribution in [3.05, 3.63) is 29.8 Å². The van der Waals surface area contributed by atoms with Crippen LogP contribution in [0.2, 0.25) is 0 Å². The molecule has 26 heavy (non-hydrogen) atoms. The molecular weight excluding hydrogens is 445 g/mol. The molecule has 1 aromatic carbocycles. The van der Waals surface area contributed by atoms with E-state index in [-0.39, 0.29) is 24.0 Å². The number of hydrogen-bond donors (Lipinski definition) is 2. The van der Waals surface area contributed by atoms with Crippen molar-refractivity contribution in [1.82, 2.24) is 10.6 Å². The largest absolute Gasteiger partial charge is 0.497 e. The number of nitrogens with one attached hydrogen (secondary N) is 2. The maximum absolute atomic E-state index is 5.88. The number of guanidine groups is 1. The van der Waals surface area contributed by atoms with E-state index in [1.165, 1.54) is 0 Å². The molecule has 0 bridgehead atoms. The lowest BCUT2D eigenvalue weighted by Gasteiger charge is -2.22. The minimum atomic E-state index is 0. The van der Waals surface area contributed by atoms with Gasteiger partial charge in [-0.3, -0.25) is 0 Å². The third-order valence-corrected chi connectivity index (χ3v) is 4.06. The van der Waals surface area contributed by atoms with Crippen LogP contribution in [0.4, 0.5) is 0 Å². The molecule has 148 valence electrons. The van der Waals surface area contributed by atoms with E-state index in [1.807, 2.05) is 24.3 Å². The van der Waals surface area contributed by atoms with E-state index < -0.39 is 0 Å². The van der Waals surface area contributed by atoms with Gasteiger partial charge in [0.05, 0.1) is 19.8 Å². The highest BCUT2D eigenvalue weighted by Crippen LogP contribution is 2.12. The molecule has 0 unspecified atom stereocenters. The molecule has 1 fully saturated rings. The zero-order valence-corrected chi connectivity index (χ0v) is 18.2. The summed E-state index contributed by atoms with van der Waals surface area (Å²) in [6, 6.07) is 7.99. The standard InChI is InChI=1S/C19H31N3O3.HI/c1-3-20-19(22-15-16-5-7-17(23-2)8-6-16)21-11-4-12-25-18-9-13-24-14-10-18;/h5-8,18H,3-4,9-15H2,1-2H3,(H2,20,21,22);1H. The summed E-state index contributed by atoms with van der Waals surface area (Å²) in [4.78, 5) is 4.62. The van der Waals surface area contributed by atoms with Crippen molar-refractivity contribution in [3.8, 4) is 5.75 Å². The summed E-state index contributed by atoms with van der Waals surface area (Å²) < 4.78 is 16.4. The van der Waals surface area contributed by atoms with E-state index in [1.54, 1.807) is 7.11 Å². The van der Waals surface area contributed by atoms with Gasteiger partial charge < -0.3 is 24.8 Å². The van der Waals surface area contributed by atoms with E-state index in [0.717, 1.165) is 69.4 Å². The number of nitrogens with zero attached hydrogens (tertiary/aromatic N) is 1. The maximum Gasteiger partial charge on any atom is 0.191 e. The second kappa shape index (κ2) is 14.1. The van der Waals surface area contributed by atoms with E-state index in [0.29, 0.717) is 12.6 Å². The van der Waals surface area contributed by atoms with Gasteiger partial charge in [0.2, 0.25) is 0 Å². The number of rotatable bonds is 9. The fraction of sp³-hybridized carbons (Fsp3) is 0.632. The number of aliphatic imine (C=N–C) groups is 1. The zero-order valence-electron chi connectivity index (χ0n) is 15.8. The van der Waals surface area contributed by atoms with Crippen molar-refractivity contribution in [2.75, 3.05) is 40.0 Å². The highest BCUT2D eigenvalue weighted by atomic mass is 127. The molecule has 2 N–H and O–H groups in total. The first-order valence-electron chi connectivity index (χ1n) is 9.16. The topological polar surface area (TPSA) is 64.1 Å². The molecule has 1 aliphatic rings. The van der Waals surface area contributed by atoms with Gasteiger partial charge in [-0.05, 0) is 43.9 Å². The first kappa shape index (κ1) is 23.0. The Morgan fingerprint density at radius 2 is 1.92 bits per heavy atom. The summed E-state index contributed by atoms with van der Waals surface area (Å²) >= 11 is 0. The highest BCUT2D eigenvalue weighted by molar-refractivity contribution is 14.0. The minimum absolute atomic E-state index is 0. The summed E-state index contributed by atoms with van der Waals surface area (Å²) in [5.41, 5.74) is 1.15. The van der Waals surface area contributed by atoms with E-state index in [9.17, 15) is 0 Å². The maximum atomic E-state index is 5.88. The molecule has 0 aliphatic carbocycles. The summed E-state index contributed by atoms with van der Waals surface area (Å²) in [6.45, 7) is 6.81. The van der Waals surface area contributed by atoms with Crippen LogP contribution >= 0.6 is 24.0 Å². The predicted molar refractivity (Wildman–Crippen MR) is 116 cm³/mol. The lowest BCUT2D eigenvalue weighted by molar-refractivity contribution is -0.0320. The van der Waals surface area contributed by atoms with Gasteiger partial charge in [0.1, 0.15) is 5.75 Å². The molecule has 0 saturated carbocycles. The van der Waals surface area contributed by atoms with Crippen LogP contribution in [0.3, 0.4) is 0 Å². The number of benzene rings is 1. The summed E-state index contributed by atoms with van der Waals surface area (Å²) in [7, 11) is 1.67. The van der Waals surface area contributed by atoms with Crippen molar-refractivity contribution in [1.29, 1.82) is 0 Å². The van der Waals surface area contributed by atoms with Crippen LogP contribution in [0.15, 0.2) is 29.3 Å². The zero-order chi connectivity index (χ0) is 17.7. The molecule has 1 aromatic rings. The van der Waals surface area contributed by atoms with Crippen molar-refractivity contribution >= 4 is 29.9 Å². The van der Waals surface area contributed by atoms with Gasteiger partial charge >= 0.3 is 0 Å². The quantitative estimate of drug-likeness (QED) is 0.248. The molecule has 7 heteroatoms. The Labute approximate surface area is 174 Å². The lowest BCUT2D eigenvalue weighted by atomic mass is 10.1. The molecule has 2 rings (SSSR count). The molecule has 0 radical (unpaired) electrons. The fourth-order valence-electron chi connectivity index (χ4n) is 2.61. The summed E-state index contributed by atoms with van der Waals surface area (Å²) in [5, 5.41) is 6.63. The molecule has 0 spiro atoms. The summed E-state index contributed by atoms with van der Waals surface area (Å²) in [6.07, 6.45) is 3.36. The van der Waals surface area contributed by atoms with Gasteiger partial charge in [-0.25, -0.2) is 4.99 Å². The summed E-state index contributed by atoms with van der Waals surface area (Å²) in [5.74, 6) is 1.70. The van der Waals surface area contributed by atoms with Crippen LogP contribution in [-0.4, -0.2) is 52.1 Å². The predicted octanol–water partition coefficient (Wildman–Crippen LogP) is 2.95. The van der Waals surface area contributed by atoms with Crippen LogP contribution in [0, 0.1) is 0 Å². The molecule has 6 nitrogen and oxygen atoms in total. The van der Waals surface area contributed by atoms with Gasteiger partial charge in [0.25, 0.3) is 0 Å². The Bertz CT molecular complexity index is 505. The van der Waals surface area contributed by atoms with Crippen LogP contribution in [0.25, 0.3) is 0 Å². The number of methoxy groups -OCH3 is 1. The average Bonchev–Trinajstić information content (AvgIpc) is 2.67. The van der Waals surface area contributed by atoms with Crippen molar-refractivity contribution in [2.24, 2.45) is 4.99 Å². The Morgan fingerprint density at radius 3 is 2.58 bits per heavy atom. The number of ether oxygens (including phenoxy) is 3. The average molecular weight is 477 g/mol. The van der Waals surface area contributed by atoms with Gasteiger partial charge in [0, 0.05) is 32.9 Å². The van der Waals surface area contributed by atoms with E-state index in [4.69, 9.17) is 14.2 Å². The monoisotopic (exact) mass is 477 g/mol. The highest BCUT2D eigenvalue weighted by Gasteiger charge is 2.13. The normalized spacial score (nSPS) is 15.2. The van der Waals surface area contributed by atoms with Crippen LogP contribution < -0.4 is 15.4 Å². The first-order chi connectivity index (χ1) is 12.3. The molecule has 0 amide bonds. The van der Waals surface area contributed by atoms with Gasteiger partial charge in [0.15, 0.2) is 5.96 Å². The van der Waals surface area contributed by atoms with Gasteiger partial charge in [-0.1, -0.05) is 12.1 Å². The van der Waals surface area contributed by atoms with Crippen molar-refractivity contribution in [2.45, 2.75) is 38.8 Å². The SMILES string of the molecule is CCNC(=NCc1ccc(OC)cc1)NCCCOC1CCOCC1.I. The Hall–Kier alpha value is -1.06. The molecule has 0 aromatic heterocycles.